The Labute approximate surface area is 87.7 Å². The summed E-state index contributed by atoms with van der Waals surface area (Å²) in [7, 11) is 0. The van der Waals surface area contributed by atoms with Gasteiger partial charge in [-0.2, -0.15) is 0 Å². The van der Waals surface area contributed by atoms with E-state index in [1.807, 2.05) is 12.1 Å². The predicted octanol–water partition coefficient (Wildman–Crippen LogP) is 3.19. The summed E-state index contributed by atoms with van der Waals surface area (Å²) < 4.78 is 1.12. The summed E-state index contributed by atoms with van der Waals surface area (Å²) in [5, 5.41) is 3.28. The molecule has 1 aromatic carbocycles. The van der Waals surface area contributed by atoms with Gasteiger partial charge in [-0.1, -0.05) is 22.0 Å². The van der Waals surface area contributed by atoms with Crippen molar-refractivity contribution in [2.75, 3.05) is 11.9 Å². The van der Waals surface area contributed by atoms with Crippen LogP contribution in [0.15, 0.2) is 22.7 Å². The molecule has 0 saturated heterocycles. The minimum absolute atomic E-state index is 0.756. The zero-order chi connectivity index (χ0) is 9.68. The minimum Gasteiger partial charge on any atom is -0.384 e. The van der Waals surface area contributed by atoms with Crippen LogP contribution in [-0.4, -0.2) is 6.54 Å². The smallest absolute Gasteiger partial charge is 0.0381 e. The summed E-state index contributed by atoms with van der Waals surface area (Å²) in [6.07, 6.45) is 5.92. The number of halogens is 1. The minimum atomic E-state index is 0.756. The van der Waals surface area contributed by atoms with Gasteiger partial charge in [0.2, 0.25) is 0 Å². The number of benzene rings is 1. The zero-order valence-electron chi connectivity index (χ0n) is 7.60. The van der Waals surface area contributed by atoms with E-state index in [9.17, 15) is 0 Å². The first-order valence-corrected chi connectivity index (χ1v) is 4.97. The van der Waals surface area contributed by atoms with Gasteiger partial charge >= 0.3 is 0 Å². The lowest BCUT2D eigenvalue weighted by molar-refractivity contribution is 1.09. The SMILES string of the molecule is C#CCCNc1cccc(Br)c1C. The third-order valence-electron chi connectivity index (χ3n) is 1.85. The summed E-state index contributed by atoms with van der Waals surface area (Å²) in [6.45, 7) is 2.90. The van der Waals surface area contributed by atoms with Gasteiger partial charge in [-0.15, -0.1) is 12.3 Å². The Morgan fingerprint density at radius 2 is 2.31 bits per heavy atom. The van der Waals surface area contributed by atoms with Gasteiger partial charge in [0.05, 0.1) is 0 Å². The maximum absolute atomic E-state index is 5.16. The van der Waals surface area contributed by atoms with Crippen LogP contribution in [0.1, 0.15) is 12.0 Å². The van der Waals surface area contributed by atoms with E-state index in [-0.39, 0.29) is 0 Å². The van der Waals surface area contributed by atoms with E-state index >= 15 is 0 Å². The second-order valence-corrected chi connectivity index (χ2v) is 3.65. The molecule has 1 nitrogen and oxygen atoms in total. The van der Waals surface area contributed by atoms with Crippen molar-refractivity contribution in [1.82, 2.24) is 0 Å². The Bertz CT molecular complexity index is 325. The zero-order valence-corrected chi connectivity index (χ0v) is 9.19. The molecule has 1 aromatic rings. The van der Waals surface area contributed by atoms with Crippen molar-refractivity contribution >= 4 is 21.6 Å². The Hall–Kier alpha value is -0.940. The molecule has 68 valence electrons. The summed E-state index contributed by atoms with van der Waals surface area (Å²) in [5.74, 6) is 2.60. The van der Waals surface area contributed by atoms with E-state index in [4.69, 9.17) is 6.42 Å². The van der Waals surface area contributed by atoms with Crippen LogP contribution in [-0.2, 0) is 0 Å². The van der Waals surface area contributed by atoms with E-state index in [0.29, 0.717) is 0 Å². The van der Waals surface area contributed by atoms with E-state index in [1.165, 1.54) is 5.56 Å². The lowest BCUT2D eigenvalue weighted by Crippen LogP contribution is -2.01. The first-order chi connectivity index (χ1) is 6.25. The van der Waals surface area contributed by atoms with Crippen molar-refractivity contribution in [3.63, 3.8) is 0 Å². The van der Waals surface area contributed by atoms with Gasteiger partial charge < -0.3 is 5.32 Å². The van der Waals surface area contributed by atoms with Gasteiger partial charge in [0.15, 0.2) is 0 Å². The molecule has 0 aromatic heterocycles. The highest BCUT2D eigenvalue weighted by atomic mass is 79.9. The fraction of sp³-hybridized carbons (Fsp3) is 0.273. The summed E-state index contributed by atoms with van der Waals surface area (Å²) in [4.78, 5) is 0. The van der Waals surface area contributed by atoms with Gasteiger partial charge in [0.25, 0.3) is 0 Å². The van der Waals surface area contributed by atoms with Crippen molar-refractivity contribution in [1.29, 1.82) is 0 Å². The lowest BCUT2D eigenvalue weighted by atomic mass is 10.2. The second kappa shape index (κ2) is 4.94. The normalized spacial score (nSPS) is 9.31. The standard InChI is InChI=1S/C11H12BrN/c1-3-4-8-13-11-7-5-6-10(12)9(11)2/h1,5-7,13H,4,8H2,2H3. The molecule has 0 fully saturated rings. The average molecular weight is 238 g/mol. The van der Waals surface area contributed by atoms with Crippen LogP contribution < -0.4 is 5.32 Å². The molecule has 1 N–H and O–H groups in total. The fourth-order valence-corrected chi connectivity index (χ4v) is 1.43. The first-order valence-electron chi connectivity index (χ1n) is 4.18. The van der Waals surface area contributed by atoms with Crippen LogP contribution in [0, 0.1) is 19.3 Å². The molecule has 13 heavy (non-hydrogen) atoms. The van der Waals surface area contributed by atoms with Crippen LogP contribution in [0.2, 0.25) is 0 Å². The highest BCUT2D eigenvalue weighted by molar-refractivity contribution is 9.10. The van der Waals surface area contributed by atoms with Crippen LogP contribution in [0.3, 0.4) is 0 Å². The van der Waals surface area contributed by atoms with Crippen molar-refractivity contribution in [3.8, 4) is 12.3 Å². The first kappa shape index (κ1) is 10.1. The van der Waals surface area contributed by atoms with E-state index in [0.717, 1.165) is 23.1 Å². The largest absolute Gasteiger partial charge is 0.384 e. The molecule has 0 spiro atoms. The van der Waals surface area contributed by atoms with Gasteiger partial charge in [0.1, 0.15) is 0 Å². The third kappa shape index (κ3) is 2.78. The maximum atomic E-state index is 5.16. The molecule has 0 aliphatic carbocycles. The summed E-state index contributed by atoms with van der Waals surface area (Å²) in [6, 6.07) is 6.09. The van der Waals surface area contributed by atoms with Crippen LogP contribution in [0.5, 0.6) is 0 Å². The van der Waals surface area contributed by atoms with Crippen LogP contribution >= 0.6 is 15.9 Å². The molecule has 1 rings (SSSR count). The number of nitrogens with one attached hydrogen (secondary N) is 1. The Morgan fingerprint density at radius 1 is 1.54 bits per heavy atom. The van der Waals surface area contributed by atoms with Crippen molar-refractivity contribution < 1.29 is 0 Å². The Morgan fingerprint density at radius 3 is 3.00 bits per heavy atom. The van der Waals surface area contributed by atoms with Crippen molar-refractivity contribution in [2.45, 2.75) is 13.3 Å². The molecule has 0 aliphatic heterocycles. The lowest BCUT2D eigenvalue weighted by Gasteiger charge is -2.08. The van der Waals surface area contributed by atoms with Gasteiger partial charge in [-0.25, -0.2) is 0 Å². The topological polar surface area (TPSA) is 12.0 Å². The maximum Gasteiger partial charge on any atom is 0.0381 e. The highest BCUT2D eigenvalue weighted by Gasteiger charge is 1.99. The van der Waals surface area contributed by atoms with Crippen LogP contribution in [0.4, 0.5) is 5.69 Å². The Balaban J connectivity index is 2.67. The third-order valence-corrected chi connectivity index (χ3v) is 2.71. The average Bonchev–Trinajstić information content (AvgIpc) is 2.13. The monoisotopic (exact) mass is 237 g/mol. The van der Waals surface area contributed by atoms with E-state index < -0.39 is 0 Å². The van der Waals surface area contributed by atoms with Crippen molar-refractivity contribution in [2.24, 2.45) is 0 Å². The Kier molecular flexibility index (Phi) is 3.85. The number of rotatable bonds is 3. The molecule has 0 radical (unpaired) electrons. The number of terminal acetylenes is 1. The predicted molar refractivity (Wildman–Crippen MR) is 60.8 cm³/mol. The van der Waals surface area contributed by atoms with Crippen LogP contribution in [0.25, 0.3) is 0 Å². The number of anilines is 1. The molecule has 0 amide bonds. The molecule has 0 atom stereocenters. The molecular formula is C11H12BrN. The van der Waals surface area contributed by atoms with Gasteiger partial charge in [0, 0.05) is 23.1 Å². The fourth-order valence-electron chi connectivity index (χ4n) is 1.07. The quantitative estimate of drug-likeness (QED) is 0.629. The van der Waals surface area contributed by atoms with Crippen molar-refractivity contribution in [3.05, 3.63) is 28.2 Å². The molecule has 0 saturated carbocycles. The molecular weight excluding hydrogens is 226 g/mol. The summed E-state index contributed by atoms with van der Waals surface area (Å²) in [5.41, 5.74) is 2.36. The molecule has 2 heteroatoms. The highest BCUT2D eigenvalue weighted by Crippen LogP contribution is 2.23. The van der Waals surface area contributed by atoms with E-state index in [2.05, 4.69) is 40.2 Å². The summed E-state index contributed by atoms with van der Waals surface area (Å²) >= 11 is 3.47. The van der Waals surface area contributed by atoms with Gasteiger partial charge in [-0.05, 0) is 24.6 Å². The van der Waals surface area contributed by atoms with Gasteiger partial charge in [-0.3, -0.25) is 0 Å². The number of hydrogen-bond acceptors (Lipinski definition) is 1. The molecule has 0 unspecified atom stereocenters. The molecule has 0 aliphatic rings. The van der Waals surface area contributed by atoms with E-state index in [1.54, 1.807) is 0 Å². The molecule has 0 heterocycles. The second-order valence-electron chi connectivity index (χ2n) is 2.79. The number of hydrogen-bond donors (Lipinski definition) is 1. The molecule has 0 bridgehead atoms.